The number of hydrogen-bond acceptors (Lipinski definition) is 8. The van der Waals surface area contributed by atoms with Crippen molar-refractivity contribution in [3.63, 3.8) is 0 Å². The van der Waals surface area contributed by atoms with E-state index in [1.165, 1.54) is 29.4 Å². The molecule has 0 radical (unpaired) electrons. The second-order valence-corrected chi connectivity index (χ2v) is 12.1. The van der Waals surface area contributed by atoms with E-state index in [4.69, 9.17) is 16.3 Å². The molecule has 1 atom stereocenters. The van der Waals surface area contributed by atoms with Crippen molar-refractivity contribution in [1.29, 1.82) is 5.26 Å². The first-order chi connectivity index (χ1) is 18.2. The first kappa shape index (κ1) is 29.7. The number of nitrogens with zero attached hydrogens (tertiary/aromatic N) is 6. The molecule has 0 aliphatic carbocycles. The molecule has 0 bridgehead atoms. The summed E-state index contributed by atoms with van der Waals surface area (Å²) >= 11 is 1.46. The van der Waals surface area contributed by atoms with E-state index in [-0.39, 0.29) is 6.10 Å². The van der Waals surface area contributed by atoms with Gasteiger partial charge in [-0.3, -0.25) is 4.31 Å². The lowest BCUT2D eigenvalue weighted by Crippen LogP contribution is -2.48. The summed E-state index contributed by atoms with van der Waals surface area (Å²) in [4.78, 5) is 13.2. The van der Waals surface area contributed by atoms with Gasteiger partial charge in [-0.15, -0.1) is 11.8 Å². The molecule has 0 N–H and O–H groups in total. The van der Waals surface area contributed by atoms with E-state index in [1.54, 1.807) is 12.1 Å². The van der Waals surface area contributed by atoms with Crippen molar-refractivity contribution < 1.29 is 13.2 Å². The molecule has 11 heteroatoms. The molecule has 1 saturated heterocycles. The Labute approximate surface area is 231 Å². The van der Waals surface area contributed by atoms with Gasteiger partial charge < -0.3 is 14.5 Å². The molecule has 1 fully saturated rings. The minimum absolute atomic E-state index is 0.0180. The van der Waals surface area contributed by atoms with E-state index in [2.05, 4.69) is 34.6 Å². The second-order valence-electron chi connectivity index (χ2n) is 9.13. The van der Waals surface area contributed by atoms with Crippen molar-refractivity contribution in [3.8, 4) is 6.07 Å². The van der Waals surface area contributed by atoms with Crippen LogP contribution >= 0.6 is 11.8 Å². The topological polar surface area (TPSA) is 94.1 Å². The molecule has 2 heterocycles. The molecule has 1 aromatic heterocycles. The van der Waals surface area contributed by atoms with E-state index >= 15 is 0 Å². The fourth-order valence-corrected chi connectivity index (χ4v) is 5.89. The summed E-state index contributed by atoms with van der Waals surface area (Å²) in [7, 11) is -1.81. The van der Waals surface area contributed by atoms with Crippen molar-refractivity contribution in [2.45, 2.75) is 44.1 Å². The number of aromatic nitrogens is 1. The van der Waals surface area contributed by atoms with E-state index in [1.807, 2.05) is 19.1 Å². The van der Waals surface area contributed by atoms with Crippen molar-refractivity contribution in [1.82, 2.24) is 9.88 Å². The first-order valence-electron chi connectivity index (χ1n) is 12.8. The summed E-state index contributed by atoms with van der Waals surface area (Å²) in [6.07, 6.45) is 1.75. The number of benzene rings is 1. The molecular weight excluding hydrogens is 520 g/mol. The van der Waals surface area contributed by atoms with Gasteiger partial charge in [0.25, 0.3) is 0 Å². The molecule has 3 rings (SSSR count). The summed E-state index contributed by atoms with van der Waals surface area (Å²) < 4.78 is 30.9. The Kier molecular flexibility index (Phi) is 10.4. The summed E-state index contributed by atoms with van der Waals surface area (Å²) in [5.74, 6) is 1.18. The van der Waals surface area contributed by atoms with E-state index in [9.17, 15) is 13.7 Å². The Morgan fingerprint density at radius 1 is 1.26 bits per heavy atom. The van der Waals surface area contributed by atoms with Gasteiger partial charge in [0.15, 0.2) is 0 Å². The number of anilines is 2. The Balaban J connectivity index is 1.89. The average Bonchev–Trinajstić information content (AvgIpc) is 2.93. The van der Waals surface area contributed by atoms with Crippen LogP contribution in [0.4, 0.5) is 17.2 Å². The van der Waals surface area contributed by atoms with Crippen molar-refractivity contribution in [3.05, 3.63) is 52.4 Å². The molecule has 38 heavy (non-hydrogen) atoms. The van der Waals surface area contributed by atoms with Gasteiger partial charge in [0.05, 0.1) is 36.8 Å². The Morgan fingerprint density at radius 2 is 1.95 bits per heavy atom. The number of morpholine rings is 1. The van der Waals surface area contributed by atoms with Gasteiger partial charge in [-0.05, 0) is 42.8 Å². The number of pyridine rings is 1. The number of thioether (sulfide) groups is 1. The molecule has 0 amide bonds. The maximum Gasteiger partial charge on any atom is 0.232 e. The SMILES string of the molecule is [C-]#[N+]c1c(N2CCOC(CN(CC)CC)C2)nc(SCc2ccc(N(C)S(C)(=O)=O)cc2)c(C#N)c1CC. The fraction of sp³-hybridized carbons (Fsp3) is 0.519. The summed E-state index contributed by atoms with van der Waals surface area (Å²) in [6, 6.07) is 9.59. The Morgan fingerprint density at radius 3 is 2.50 bits per heavy atom. The molecule has 1 aliphatic rings. The van der Waals surface area contributed by atoms with Crippen LogP contribution in [-0.4, -0.2) is 77.0 Å². The van der Waals surface area contributed by atoms with Crippen LogP contribution in [0.3, 0.4) is 0 Å². The monoisotopic (exact) mass is 556 g/mol. The van der Waals surface area contributed by atoms with Gasteiger partial charge in [-0.1, -0.05) is 32.9 Å². The van der Waals surface area contributed by atoms with Crippen LogP contribution in [0.5, 0.6) is 0 Å². The van der Waals surface area contributed by atoms with Crippen molar-refractivity contribution in [2.75, 3.05) is 61.8 Å². The Hall–Kier alpha value is -2.83. The minimum Gasteiger partial charge on any atom is -0.373 e. The first-order valence-corrected chi connectivity index (χ1v) is 15.6. The molecule has 1 unspecified atom stereocenters. The van der Waals surface area contributed by atoms with Gasteiger partial charge in [0.2, 0.25) is 15.7 Å². The summed E-state index contributed by atoms with van der Waals surface area (Å²) in [6.45, 7) is 18.7. The average molecular weight is 557 g/mol. The highest BCUT2D eigenvalue weighted by Crippen LogP contribution is 2.39. The highest BCUT2D eigenvalue weighted by atomic mass is 32.2. The van der Waals surface area contributed by atoms with E-state index < -0.39 is 10.0 Å². The maximum absolute atomic E-state index is 11.8. The number of ether oxygens (including phenoxy) is 1. The number of sulfonamides is 1. The number of rotatable bonds is 11. The number of nitriles is 1. The molecule has 0 saturated carbocycles. The third kappa shape index (κ3) is 6.97. The van der Waals surface area contributed by atoms with Crippen LogP contribution in [0.1, 0.15) is 37.5 Å². The van der Waals surface area contributed by atoms with Crippen LogP contribution in [0.2, 0.25) is 0 Å². The molecule has 9 nitrogen and oxygen atoms in total. The normalized spacial score (nSPS) is 15.8. The zero-order valence-electron chi connectivity index (χ0n) is 22.8. The number of hydrogen-bond donors (Lipinski definition) is 0. The lowest BCUT2D eigenvalue weighted by atomic mass is 10.1. The predicted molar refractivity (Wildman–Crippen MR) is 154 cm³/mol. The van der Waals surface area contributed by atoms with Crippen LogP contribution in [0, 0.1) is 17.9 Å². The van der Waals surface area contributed by atoms with Gasteiger partial charge in [-0.2, -0.15) is 5.26 Å². The van der Waals surface area contributed by atoms with Crippen LogP contribution in [0.15, 0.2) is 29.3 Å². The minimum atomic E-state index is -3.34. The van der Waals surface area contributed by atoms with Crippen LogP contribution < -0.4 is 9.21 Å². The molecule has 1 aromatic carbocycles. The van der Waals surface area contributed by atoms with E-state index in [0.29, 0.717) is 59.7 Å². The Bertz CT molecular complexity index is 1300. The lowest BCUT2D eigenvalue weighted by molar-refractivity contribution is 0.0174. The van der Waals surface area contributed by atoms with Crippen molar-refractivity contribution >= 4 is 39.0 Å². The summed E-state index contributed by atoms with van der Waals surface area (Å²) in [5, 5.41) is 10.6. The zero-order valence-corrected chi connectivity index (χ0v) is 24.4. The standard InChI is InChI=1S/C27H36N6O3S2/c1-7-23-24(16-28)27(37-19-20-10-12-21(13-11-20)31(5)38(6,34)35)30-26(25(23)29-4)33-14-15-36-22(18-33)17-32(8-2)9-3/h10-13,22H,7-9,14-15,17-19H2,1-3,5-6H3. The number of likely N-dealkylation sites (N-methyl/N-ethyl adjacent to an activating group) is 1. The quantitative estimate of drug-likeness (QED) is 0.299. The molecule has 0 spiro atoms. The molecule has 1 aliphatic heterocycles. The second kappa shape index (κ2) is 13.3. The van der Waals surface area contributed by atoms with Crippen molar-refractivity contribution in [2.24, 2.45) is 0 Å². The van der Waals surface area contributed by atoms with Crippen LogP contribution in [-0.2, 0) is 26.9 Å². The third-order valence-electron chi connectivity index (χ3n) is 6.77. The fourth-order valence-electron chi connectivity index (χ4n) is 4.43. The smallest absolute Gasteiger partial charge is 0.232 e. The highest BCUT2D eigenvalue weighted by molar-refractivity contribution is 7.98. The lowest BCUT2D eigenvalue weighted by Gasteiger charge is -2.37. The predicted octanol–water partition coefficient (Wildman–Crippen LogP) is 4.30. The van der Waals surface area contributed by atoms with Gasteiger partial charge in [-0.25, -0.2) is 18.2 Å². The molecule has 204 valence electrons. The largest absolute Gasteiger partial charge is 0.373 e. The highest BCUT2D eigenvalue weighted by Gasteiger charge is 2.28. The van der Waals surface area contributed by atoms with Gasteiger partial charge in [0, 0.05) is 32.4 Å². The zero-order chi connectivity index (χ0) is 27.9. The van der Waals surface area contributed by atoms with E-state index in [0.717, 1.165) is 30.8 Å². The summed E-state index contributed by atoms with van der Waals surface area (Å²) in [5.41, 5.74) is 3.19. The van der Waals surface area contributed by atoms with Gasteiger partial charge in [0.1, 0.15) is 16.9 Å². The van der Waals surface area contributed by atoms with Gasteiger partial charge >= 0.3 is 0 Å². The van der Waals surface area contributed by atoms with Crippen LogP contribution in [0.25, 0.3) is 4.85 Å². The maximum atomic E-state index is 11.8. The molecule has 2 aromatic rings. The molecular formula is C27H36N6O3S2. The third-order valence-corrected chi connectivity index (χ3v) is 9.02.